The summed E-state index contributed by atoms with van der Waals surface area (Å²) in [5.41, 5.74) is 0.883. The number of nitrogens with one attached hydrogen (secondary N) is 1. The van der Waals surface area contributed by atoms with Gasteiger partial charge in [0, 0.05) is 11.6 Å². The van der Waals surface area contributed by atoms with Gasteiger partial charge in [-0.15, -0.1) is 0 Å². The number of methoxy groups -OCH3 is 2. The van der Waals surface area contributed by atoms with Gasteiger partial charge in [-0.2, -0.15) is 5.10 Å². The first-order chi connectivity index (χ1) is 9.17. The summed E-state index contributed by atoms with van der Waals surface area (Å²) in [7, 11) is 3.29. The van der Waals surface area contributed by atoms with Crippen LogP contribution >= 0.6 is 28.1 Å². The number of nitrogens with zero attached hydrogens (tertiary/aromatic N) is 2. The van der Waals surface area contributed by atoms with Gasteiger partial charge in [0.1, 0.15) is 5.75 Å². The summed E-state index contributed by atoms with van der Waals surface area (Å²) in [4.78, 5) is 0. The normalized spacial score (nSPS) is 10.7. The molecule has 0 aliphatic carbocycles. The number of hydrogen-bond donors (Lipinski definition) is 1. The van der Waals surface area contributed by atoms with Crippen molar-refractivity contribution in [1.29, 1.82) is 0 Å². The Bertz CT molecular complexity index is 624. The molecule has 0 atom stereocenters. The van der Waals surface area contributed by atoms with E-state index < -0.39 is 0 Å². The lowest BCUT2D eigenvalue weighted by atomic mass is 10.2. The predicted octanol–water partition coefficient (Wildman–Crippen LogP) is 3.03. The first kappa shape index (κ1) is 14.2. The largest absolute Gasteiger partial charge is 0.496 e. The van der Waals surface area contributed by atoms with Gasteiger partial charge in [-0.25, -0.2) is 0 Å². The zero-order valence-electron chi connectivity index (χ0n) is 10.6. The molecule has 7 heteroatoms. The fourth-order valence-corrected chi connectivity index (χ4v) is 2.33. The molecule has 0 unspecified atom stereocenters. The third-order valence-electron chi connectivity index (χ3n) is 2.68. The van der Waals surface area contributed by atoms with Crippen molar-refractivity contribution < 1.29 is 9.47 Å². The van der Waals surface area contributed by atoms with Crippen molar-refractivity contribution in [2.45, 2.75) is 6.54 Å². The highest BCUT2D eigenvalue weighted by molar-refractivity contribution is 9.10. The number of benzene rings is 1. The highest BCUT2D eigenvalue weighted by atomic mass is 79.9. The molecule has 2 aromatic rings. The first-order valence-corrected chi connectivity index (χ1v) is 6.85. The summed E-state index contributed by atoms with van der Waals surface area (Å²) < 4.78 is 13.9. The van der Waals surface area contributed by atoms with Crippen molar-refractivity contribution >= 4 is 28.1 Å². The fourth-order valence-electron chi connectivity index (χ4n) is 1.76. The van der Waals surface area contributed by atoms with E-state index in [4.69, 9.17) is 21.7 Å². The zero-order chi connectivity index (χ0) is 13.8. The molecule has 1 aromatic carbocycles. The molecule has 2 rings (SSSR count). The standard InChI is InChI=1S/C12H14BrN3O2S/c1-17-6-5-16-11(14-15-12(16)19)9-4-3-8(13)7-10(9)18-2/h3-4,7H,5-6H2,1-2H3,(H,15,19). The topological polar surface area (TPSA) is 52.1 Å². The first-order valence-electron chi connectivity index (χ1n) is 5.65. The molecule has 5 nitrogen and oxygen atoms in total. The molecule has 0 saturated carbocycles. The molecular weight excluding hydrogens is 330 g/mol. The number of halogens is 1. The third-order valence-corrected chi connectivity index (χ3v) is 3.49. The lowest BCUT2D eigenvalue weighted by Gasteiger charge is -2.10. The average molecular weight is 344 g/mol. The van der Waals surface area contributed by atoms with Crippen molar-refractivity contribution in [3.63, 3.8) is 0 Å². The molecule has 1 heterocycles. The number of ether oxygens (including phenoxy) is 2. The van der Waals surface area contributed by atoms with Crippen molar-refractivity contribution in [2.24, 2.45) is 0 Å². The van der Waals surface area contributed by atoms with Crippen molar-refractivity contribution in [2.75, 3.05) is 20.8 Å². The van der Waals surface area contributed by atoms with Crippen LogP contribution in [0.15, 0.2) is 22.7 Å². The Hall–Kier alpha value is -1.18. The SMILES string of the molecule is COCCn1c(-c2ccc(Br)cc2OC)n[nH]c1=S. The van der Waals surface area contributed by atoms with Gasteiger partial charge in [0.15, 0.2) is 10.6 Å². The van der Waals surface area contributed by atoms with Gasteiger partial charge in [0.2, 0.25) is 0 Å². The summed E-state index contributed by atoms with van der Waals surface area (Å²) in [5.74, 6) is 1.48. The van der Waals surface area contributed by atoms with Gasteiger partial charge < -0.3 is 9.47 Å². The maximum absolute atomic E-state index is 5.39. The van der Waals surface area contributed by atoms with E-state index in [0.717, 1.165) is 21.6 Å². The summed E-state index contributed by atoms with van der Waals surface area (Å²) in [6, 6.07) is 5.78. The molecule has 1 aromatic heterocycles. The van der Waals surface area contributed by atoms with Gasteiger partial charge in [-0.1, -0.05) is 15.9 Å². The molecule has 0 radical (unpaired) electrons. The Morgan fingerprint density at radius 1 is 1.42 bits per heavy atom. The van der Waals surface area contributed by atoms with Gasteiger partial charge in [-0.3, -0.25) is 9.67 Å². The lowest BCUT2D eigenvalue weighted by molar-refractivity contribution is 0.187. The van der Waals surface area contributed by atoms with Crippen molar-refractivity contribution in [3.8, 4) is 17.1 Å². The van der Waals surface area contributed by atoms with Crippen LogP contribution in [-0.2, 0) is 11.3 Å². The van der Waals surface area contributed by atoms with Crippen LogP contribution in [0, 0.1) is 4.77 Å². The van der Waals surface area contributed by atoms with Crippen LogP contribution in [0.4, 0.5) is 0 Å². The third kappa shape index (κ3) is 3.05. The van der Waals surface area contributed by atoms with Crippen LogP contribution in [0.25, 0.3) is 11.4 Å². The molecule has 102 valence electrons. The minimum atomic E-state index is 0.567. The Morgan fingerprint density at radius 3 is 2.89 bits per heavy atom. The molecular formula is C12H14BrN3O2S. The second kappa shape index (κ2) is 6.31. The van der Waals surface area contributed by atoms with E-state index in [9.17, 15) is 0 Å². The smallest absolute Gasteiger partial charge is 0.195 e. The van der Waals surface area contributed by atoms with Crippen molar-refractivity contribution in [3.05, 3.63) is 27.4 Å². The highest BCUT2D eigenvalue weighted by Crippen LogP contribution is 2.31. The maximum atomic E-state index is 5.39. The highest BCUT2D eigenvalue weighted by Gasteiger charge is 2.13. The van der Waals surface area contributed by atoms with Crippen LogP contribution in [0.3, 0.4) is 0 Å². The molecule has 0 fully saturated rings. The van der Waals surface area contributed by atoms with E-state index in [0.29, 0.717) is 17.9 Å². The van der Waals surface area contributed by atoms with Gasteiger partial charge in [0.25, 0.3) is 0 Å². The summed E-state index contributed by atoms with van der Waals surface area (Å²) in [6.07, 6.45) is 0. The van der Waals surface area contributed by atoms with Crippen LogP contribution in [0.2, 0.25) is 0 Å². The molecule has 0 amide bonds. The van der Waals surface area contributed by atoms with Crippen molar-refractivity contribution in [1.82, 2.24) is 14.8 Å². The second-order valence-corrected chi connectivity index (χ2v) is 5.14. The molecule has 19 heavy (non-hydrogen) atoms. The van der Waals surface area contributed by atoms with E-state index in [1.807, 2.05) is 22.8 Å². The van der Waals surface area contributed by atoms with E-state index in [1.165, 1.54) is 0 Å². The van der Waals surface area contributed by atoms with Crippen LogP contribution < -0.4 is 4.74 Å². The number of rotatable bonds is 5. The summed E-state index contributed by atoms with van der Waals surface area (Å²) >= 11 is 8.65. The minimum Gasteiger partial charge on any atom is -0.496 e. The van der Waals surface area contributed by atoms with Crippen LogP contribution in [0.5, 0.6) is 5.75 Å². The second-order valence-electron chi connectivity index (χ2n) is 3.84. The van der Waals surface area contributed by atoms with Gasteiger partial charge in [-0.05, 0) is 30.4 Å². The van der Waals surface area contributed by atoms with E-state index in [2.05, 4.69) is 26.1 Å². The van der Waals surface area contributed by atoms with Crippen LogP contribution in [0.1, 0.15) is 0 Å². The average Bonchev–Trinajstić information content (AvgIpc) is 2.77. The number of hydrogen-bond acceptors (Lipinski definition) is 4. The fraction of sp³-hybridized carbons (Fsp3) is 0.333. The Balaban J connectivity index is 2.50. The number of aromatic amines is 1. The lowest BCUT2D eigenvalue weighted by Crippen LogP contribution is -2.06. The van der Waals surface area contributed by atoms with Gasteiger partial charge >= 0.3 is 0 Å². The summed E-state index contributed by atoms with van der Waals surface area (Å²) in [5, 5.41) is 7.08. The molecule has 0 aliphatic rings. The van der Waals surface area contributed by atoms with E-state index in [-0.39, 0.29) is 0 Å². The Morgan fingerprint density at radius 2 is 2.21 bits per heavy atom. The molecule has 0 spiro atoms. The summed E-state index contributed by atoms with van der Waals surface area (Å²) in [6.45, 7) is 1.21. The molecule has 0 saturated heterocycles. The molecule has 1 N–H and O–H groups in total. The molecule has 0 bridgehead atoms. The molecule has 0 aliphatic heterocycles. The van der Waals surface area contributed by atoms with E-state index in [1.54, 1.807) is 14.2 Å². The van der Waals surface area contributed by atoms with E-state index >= 15 is 0 Å². The maximum Gasteiger partial charge on any atom is 0.195 e. The Kier molecular flexibility index (Phi) is 4.73. The number of aromatic nitrogens is 3. The van der Waals surface area contributed by atoms with Gasteiger partial charge in [0.05, 0.1) is 25.8 Å². The quantitative estimate of drug-likeness (QED) is 0.847. The zero-order valence-corrected chi connectivity index (χ0v) is 13.0. The predicted molar refractivity (Wildman–Crippen MR) is 79.0 cm³/mol. The van der Waals surface area contributed by atoms with Crippen LogP contribution in [-0.4, -0.2) is 35.6 Å². The monoisotopic (exact) mass is 343 g/mol. The number of H-pyrrole nitrogens is 1. The minimum absolute atomic E-state index is 0.567. The Labute approximate surface area is 124 Å².